The Hall–Kier alpha value is -5.17. The van der Waals surface area contributed by atoms with E-state index < -0.39 is 58.8 Å². The first-order valence-electron chi connectivity index (χ1n) is 16.4. The average molecular weight is 900 g/mol. The lowest BCUT2D eigenvalue weighted by atomic mass is 10.1. The van der Waals surface area contributed by atoms with Crippen molar-refractivity contribution in [1.29, 1.82) is 0 Å². The largest absolute Gasteiger partial charge is 0.505 e. The monoisotopic (exact) mass is 899 g/mol. The Balaban J connectivity index is 0.00000465. The highest BCUT2D eigenvalue weighted by molar-refractivity contribution is 7.94. The van der Waals surface area contributed by atoms with Crippen LogP contribution in [-0.2, 0) is 49.2 Å². The second-order valence-electron chi connectivity index (χ2n) is 11.3. The minimum absolute atomic E-state index is 0. The standard InChI is InChI=1S/C32H35N9O12S4.2H3N/c1-5-48-56(44,45)22-14-19-15-26(57(46,47)49-6-2)28(41-40-20-10-9-11-21(16-20)51-55(34)43)29(42)27(19)24(17-22)36-31-37-30(38-32(39-31)50-18(3)4)35-23-12-7-8-13-25(23)54-53-52-33;;/h7-18,42H,5-6,33-34H2,1-4H3,(H2,35,36,37,38,39);2*1H3. The fourth-order valence-electron chi connectivity index (χ4n) is 4.90. The van der Waals surface area contributed by atoms with E-state index in [4.69, 9.17) is 32.7 Å². The van der Waals surface area contributed by atoms with Gasteiger partial charge in [-0.05, 0) is 75.5 Å². The summed E-state index contributed by atoms with van der Waals surface area (Å²) in [7, 11) is -9.11. The number of aromatic hydroxyl groups is 1. The molecule has 4 aromatic carbocycles. The Kier molecular flexibility index (Phi) is 17.3. The maximum atomic E-state index is 13.5. The number of ether oxygens (including phenoxy) is 1. The molecule has 5 rings (SSSR count). The van der Waals surface area contributed by atoms with Crippen LogP contribution in [0, 0.1) is 0 Å². The van der Waals surface area contributed by atoms with Crippen molar-refractivity contribution in [3.05, 3.63) is 66.7 Å². The van der Waals surface area contributed by atoms with Crippen LogP contribution >= 0.6 is 12.0 Å². The normalized spacial score (nSPS) is 12.2. The number of nitrogens with zero attached hydrogens (tertiary/aromatic N) is 5. The van der Waals surface area contributed by atoms with E-state index in [0.717, 1.165) is 30.2 Å². The van der Waals surface area contributed by atoms with Crippen LogP contribution in [0.3, 0.4) is 0 Å². The summed E-state index contributed by atoms with van der Waals surface area (Å²) >= 11 is -1.36. The number of nitrogens with one attached hydrogen (secondary N) is 2. The topological polar surface area (TPSA) is 370 Å². The van der Waals surface area contributed by atoms with Crippen molar-refractivity contribution < 1.29 is 52.8 Å². The lowest BCUT2D eigenvalue weighted by Gasteiger charge is -2.17. The molecule has 0 bridgehead atoms. The molecule has 0 saturated carbocycles. The molecule has 1 atom stereocenters. The van der Waals surface area contributed by atoms with Gasteiger partial charge < -0.3 is 37.0 Å². The molecule has 59 heavy (non-hydrogen) atoms. The molecule has 0 amide bonds. The van der Waals surface area contributed by atoms with Crippen molar-refractivity contribution in [2.45, 2.75) is 48.5 Å². The van der Waals surface area contributed by atoms with Crippen LogP contribution < -0.4 is 42.9 Å². The number of aromatic nitrogens is 3. The molecule has 320 valence electrons. The molecule has 1 aromatic heterocycles. The fraction of sp³-hybridized carbons (Fsp3) is 0.219. The molecule has 0 spiro atoms. The summed E-state index contributed by atoms with van der Waals surface area (Å²) in [5, 5.41) is 30.9. The number of azo groups is 1. The van der Waals surface area contributed by atoms with Gasteiger partial charge in [0.25, 0.3) is 31.5 Å². The van der Waals surface area contributed by atoms with Crippen molar-refractivity contribution in [2.75, 3.05) is 23.8 Å². The van der Waals surface area contributed by atoms with Crippen LogP contribution in [-0.4, -0.2) is 60.4 Å². The van der Waals surface area contributed by atoms with Gasteiger partial charge in [-0.3, -0.25) is 8.37 Å². The second kappa shape index (κ2) is 21.2. The van der Waals surface area contributed by atoms with Gasteiger partial charge in [-0.2, -0.15) is 47.0 Å². The zero-order chi connectivity index (χ0) is 41.3. The number of para-hydroxylation sites is 1. The van der Waals surface area contributed by atoms with Gasteiger partial charge in [-0.25, -0.2) is 5.14 Å². The molecule has 0 fully saturated rings. The summed E-state index contributed by atoms with van der Waals surface area (Å²) < 4.78 is 90.5. The van der Waals surface area contributed by atoms with E-state index in [9.17, 15) is 26.2 Å². The third kappa shape index (κ3) is 12.4. The Bertz CT molecular complexity index is 2530. The van der Waals surface area contributed by atoms with Gasteiger partial charge in [0.1, 0.15) is 16.3 Å². The Morgan fingerprint density at radius 1 is 0.864 bits per heavy atom. The number of fused-ring (bicyclic) bond motifs is 1. The predicted molar refractivity (Wildman–Crippen MR) is 218 cm³/mol. The lowest BCUT2D eigenvalue weighted by Crippen LogP contribution is -2.12. The van der Waals surface area contributed by atoms with Gasteiger partial charge >= 0.3 is 6.01 Å². The molecular weight excluding hydrogens is 859 g/mol. The van der Waals surface area contributed by atoms with Crippen molar-refractivity contribution >= 4 is 89.0 Å². The number of benzene rings is 4. The highest BCUT2D eigenvalue weighted by atomic mass is 32.2. The number of hydrogen-bond donors (Lipinski definition) is 7. The van der Waals surface area contributed by atoms with Crippen LogP contribution in [0.25, 0.3) is 10.8 Å². The van der Waals surface area contributed by atoms with Crippen LogP contribution in [0.4, 0.5) is 34.6 Å². The summed E-state index contributed by atoms with van der Waals surface area (Å²) in [5.41, 5.74) is -0.212. The zero-order valence-corrected chi connectivity index (χ0v) is 35.0. The Labute approximate surface area is 345 Å². The fourth-order valence-corrected chi connectivity index (χ4v) is 7.72. The second-order valence-corrected chi connectivity index (χ2v) is 16.0. The van der Waals surface area contributed by atoms with E-state index in [1.807, 2.05) is 0 Å². The SMILES string of the molecule is CCOS(=O)(=O)c1cc(Nc2nc(Nc3ccccc3SOON)nc(OC(C)C)n2)c2c(O)c(N=Nc3cccc(OS(N)=O)c3)c(S(=O)(=O)OCC)cc2c1.N.N. The molecule has 23 nitrogen and oxygen atoms in total. The molecular formula is C32H41N11O12S4. The van der Waals surface area contributed by atoms with Gasteiger partial charge in [0.2, 0.25) is 11.9 Å². The molecule has 27 heteroatoms. The minimum atomic E-state index is -4.66. The van der Waals surface area contributed by atoms with Gasteiger partial charge in [0.05, 0.1) is 58.2 Å². The van der Waals surface area contributed by atoms with Crippen molar-refractivity contribution in [3.63, 3.8) is 0 Å². The predicted octanol–water partition coefficient (Wildman–Crippen LogP) is 5.94. The number of hydrogen-bond acceptors (Lipinski definition) is 23. The summed E-state index contributed by atoms with van der Waals surface area (Å²) in [6.45, 7) is 5.83. The first-order chi connectivity index (χ1) is 27.1. The molecule has 0 saturated heterocycles. The molecule has 1 heterocycles. The minimum Gasteiger partial charge on any atom is -0.505 e. The Morgan fingerprint density at radius 3 is 2.17 bits per heavy atom. The van der Waals surface area contributed by atoms with Crippen molar-refractivity contribution in [3.8, 4) is 17.5 Å². The third-order valence-corrected chi connectivity index (χ3v) is 10.8. The van der Waals surface area contributed by atoms with Gasteiger partial charge in [-0.15, -0.1) is 14.4 Å². The number of phenolic OH excluding ortho intramolecular Hbond substituents is 1. The molecule has 0 aliphatic heterocycles. The summed E-state index contributed by atoms with van der Waals surface area (Å²) in [5.74, 6) is 4.02. The molecule has 5 aromatic rings. The lowest BCUT2D eigenvalue weighted by molar-refractivity contribution is -0.195. The van der Waals surface area contributed by atoms with Crippen LogP contribution in [0.2, 0.25) is 0 Å². The first kappa shape index (κ1) is 48.2. The van der Waals surface area contributed by atoms with E-state index in [1.165, 1.54) is 38.1 Å². The van der Waals surface area contributed by atoms with Gasteiger partial charge in [-0.1, -0.05) is 18.2 Å². The molecule has 13 N–H and O–H groups in total. The first-order valence-corrected chi connectivity index (χ1v) is 21.1. The highest BCUT2D eigenvalue weighted by Crippen LogP contribution is 2.46. The third-order valence-electron chi connectivity index (χ3n) is 6.99. The highest BCUT2D eigenvalue weighted by Gasteiger charge is 2.28. The summed E-state index contributed by atoms with van der Waals surface area (Å²) in [6.07, 6.45) is -0.404. The van der Waals surface area contributed by atoms with E-state index in [2.05, 4.69) is 40.8 Å². The number of phenols is 1. The van der Waals surface area contributed by atoms with Crippen molar-refractivity contribution in [2.24, 2.45) is 21.3 Å². The molecule has 0 radical (unpaired) electrons. The van der Waals surface area contributed by atoms with E-state index >= 15 is 0 Å². The van der Waals surface area contributed by atoms with Crippen molar-refractivity contribution in [1.82, 2.24) is 27.3 Å². The van der Waals surface area contributed by atoms with E-state index in [-0.39, 0.29) is 71.3 Å². The quantitative estimate of drug-likeness (QED) is 0.0166. The maximum absolute atomic E-state index is 13.5. The maximum Gasteiger partial charge on any atom is 0.323 e. The molecule has 0 aliphatic carbocycles. The molecule has 1 unspecified atom stereocenters. The van der Waals surface area contributed by atoms with Crippen LogP contribution in [0.15, 0.2) is 91.6 Å². The summed E-state index contributed by atoms with van der Waals surface area (Å²) in [6, 6.07) is 15.6. The van der Waals surface area contributed by atoms with E-state index in [0.29, 0.717) is 10.6 Å². The summed E-state index contributed by atoms with van der Waals surface area (Å²) in [4.78, 5) is 16.7. The average Bonchev–Trinajstić information content (AvgIpc) is 3.13. The smallest absolute Gasteiger partial charge is 0.323 e. The van der Waals surface area contributed by atoms with Crippen LogP contribution in [0.1, 0.15) is 27.7 Å². The van der Waals surface area contributed by atoms with Gasteiger partial charge in [0.15, 0.2) is 5.75 Å². The number of anilines is 4. The van der Waals surface area contributed by atoms with Gasteiger partial charge in [0, 0.05) is 11.5 Å². The van der Waals surface area contributed by atoms with Crippen LogP contribution in [0.5, 0.6) is 17.5 Å². The number of nitrogens with two attached hydrogens (primary N) is 2. The zero-order valence-electron chi connectivity index (χ0n) is 31.7. The number of rotatable bonds is 19. The Morgan fingerprint density at radius 2 is 1.53 bits per heavy atom. The molecule has 0 aliphatic rings. The van der Waals surface area contributed by atoms with E-state index in [1.54, 1.807) is 38.1 Å².